The van der Waals surface area contributed by atoms with Gasteiger partial charge in [0.1, 0.15) is 12.4 Å². The van der Waals surface area contributed by atoms with Gasteiger partial charge in [0, 0.05) is 12.6 Å². The number of thioether (sulfide) groups is 1. The Morgan fingerprint density at radius 1 is 1.03 bits per heavy atom. The fraction of sp³-hybridized carbons (Fsp3) is 0.148. The Morgan fingerprint density at radius 3 is 2.38 bits per heavy atom. The molecule has 172 valence electrons. The summed E-state index contributed by atoms with van der Waals surface area (Å²) in [5, 5.41) is 9.68. The molecule has 0 unspecified atom stereocenters. The Hall–Kier alpha value is -3.84. The van der Waals surface area contributed by atoms with E-state index in [9.17, 15) is 9.59 Å². The van der Waals surface area contributed by atoms with Crippen LogP contribution in [-0.4, -0.2) is 34.1 Å². The zero-order chi connectivity index (χ0) is 24.2. The number of carboxylic acids is 1. The Kier molecular flexibility index (Phi) is 6.84. The summed E-state index contributed by atoms with van der Waals surface area (Å²) >= 11 is 1.34. The number of amidine groups is 1. The fourth-order valence-corrected chi connectivity index (χ4v) is 4.47. The largest absolute Gasteiger partial charge is 0.488 e. The second kappa shape index (κ2) is 9.97. The maximum Gasteiger partial charge on any atom is 0.335 e. The summed E-state index contributed by atoms with van der Waals surface area (Å²) in [6.07, 6.45) is 1.82. The molecular formula is C27H24N2O4S. The van der Waals surface area contributed by atoms with Crippen molar-refractivity contribution in [3.63, 3.8) is 0 Å². The van der Waals surface area contributed by atoms with Crippen LogP contribution in [0.5, 0.6) is 5.75 Å². The van der Waals surface area contributed by atoms with E-state index in [2.05, 4.69) is 0 Å². The Balaban J connectivity index is 1.55. The van der Waals surface area contributed by atoms with Crippen molar-refractivity contribution >= 4 is 40.6 Å². The third-order valence-corrected chi connectivity index (χ3v) is 6.51. The molecule has 0 aromatic heterocycles. The molecule has 3 aromatic carbocycles. The van der Waals surface area contributed by atoms with Gasteiger partial charge >= 0.3 is 5.97 Å². The summed E-state index contributed by atoms with van der Waals surface area (Å²) in [6.45, 7) is 4.29. The minimum Gasteiger partial charge on any atom is -0.488 e. The second-order valence-corrected chi connectivity index (χ2v) is 8.95. The highest BCUT2D eigenvalue weighted by Gasteiger charge is 2.31. The second-order valence-electron chi connectivity index (χ2n) is 7.94. The van der Waals surface area contributed by atoms with Gasteiger partial charge in [-0.1, -0.05) is 48.5 Å². The van der Waals surface area contributed by atoms with E-state index >= 15 is 0 Å². The number of aromatic carboxylic acids is 1. The van der Waals surface area contributed by atoms with E-state index in [0.29, 0.717) is 15.8 Å². The highest BCUT2D eigenvalue weighted by Crippen LogP contribution is 2.36. The number of carbonyl (C=O) groups excluding carboxylic acids is 1. The smallest absolute Gasteiger partial charge is 0.335 e. The summed E-state index contributed by atoms with van der Waals surface area (Å²) < 4.78 is 5.99. The highest BCUT2D eigenvalue weighted by atomic mass is 32.2. The van der Waals surface area contributed by atoms with E-state index < -0.39 is 5.97 Å². The van der Waals surface area contributed by atoms with Crippen molar-refractivity contribution in [3.8, 4) is 5.75 Å². The third-order valence-electron chi connectivity index (χ3n) is 5.45. The molecule has 0 bridgehead atoms. The number of aliphatic imine (C=N–C) groups is 1. The summed E-state index contributed by atoms with van der Waals surface area (Å²) in [7, 11) is 1.73. The number of benzene rings is 3. The number of hydrogen-bond donors (Lipinski definition) is 1. The number of likely N-dealkylation sites (N-methyl/N-ethyl adjacent to an activating group) is 1. The fourth-order valence-electron chi connectivity index (χ4n) is 3.51. The van der Waals surface area contributed by atoms with Crippen LogP contribution in [0.2, 0.25) is 0 Å². The first-order chi connectivity index (χ1) is 16.3. The van der Waals surface area contributed by atoms with Gasteiger partial charge in [-0.3, -0.25) is 9.69 Å². The van der Waals surface area contributed by atoms with Crippen molar-refractivity contribution in [2.75, 3.05) is 7.05 Å². The zero-order valence-corrected chi connectivity index (χ0v) is 19.9. The van der Waals surface area contributed by atoms with Gasteiger partial charge in [0.25, 0.3) is 5.91 Å². The van der Waals surface area contributed by atoms with Gasteiger partial charge in [0.15, 0.2) is 5.17 Å². The number of carbonyl (C=O) groups is 2. The molecule has 0 spiro atoms. The molecule has 7 heteroatoms. The van der Waals surface area contributed by atoms with Crippen LogP contribution in [0, 0.1) is 13.8 Å². The zero-order valence-electron chi connectivity index (χ0n) is 19.1. The van der Waals surface area contributed by atoms with Gasteiger partial charge in [-0.2, -0.15) is 0 Å². The number of rotatable bonds is 6. The maximum absolute atomic E-state index is 12.9. The predicted molar refractivity (Wildman–Crippen MR) is 136 cm³/mol. The van der Waals surface area contributed by atoms with Crippen LogP contribution in [0.25, 0.3) is 6.08 Å². The molecule has 1 amide bonds. The van der Waals surface area contributed by atoms with Crippen molar-refractivity contribution in [1.29, 1.82) is 0 Å². The summed E-state index contributed by atoms with van der Waals surface area (Å²) in [5.74, 6) is -0.448. The highest BCUT2D eigenvalue weighted by molar-refractivity contribution is 8.18. The molecule has 1 heterocycles. The summed E-state index contributed by atoms with van der Waals surface area (Å²) in [5.41, 5.74) is 4.85. The van der Waals surface area contributed by atoms with Gasteiger partial charge < -0.3 is 9.84 Å². The number of amides is 1. The molecule has 1 saturated heterocycles. The van der Waals surface area contributed by atoms with Crippen LogP contribution in [0.15, 0.2) is 76.6 Å². The average molecular weight is 473 g/mol. The van der Waals surface area contributed by atoms with Crippen LogP contribution >= 0.6 is 11.8 Å². The standard InChI is InChI=1S/C27H24N2O4S/c1-17-7-6-8-18(2)24(17)28-27-29(3)25(30)23(34-27)15-21-9-4-5-10-22(21)33-16-19-11-13-20(14-12-19)26(31)32/h4-15H,16H2,1-3H3,(H,31,32)/b23-15-,28-27?. The normalized spacial score (nSPS) is 15.9. The van der Waals surface area contributed by atoms with Crippen molar-refractivity contribution in [2.24, 2.45) is 4.99 Å². The van der Waals surface area contributed by atoms with Crippen LogP contribution < -0.4 is 4.74 Å². The predicted octanol–water partition coefficient (Wildman–Crippen LogP) is 5.81. The maximum atomic E-state index is 12.9. The molecule has 1 N–H and O–H groups in total. The number of hydrogen-bond acceptors (Lipinski definition) is 5. The summed E-state index contributed by atoms with van der Waals surface area (Å²) in [4.78, 5) is 30.9. The minimum atomic E-state index is -0.964. The lowest BCUT2D eigenvalue weighted by atomic mass is 10.1. The van der Waals surface area contributed by atoms with E-state index in [4.69, 9.17) is 14.8 Å². The number of nitrogens with zero attached hydrogens (tertiary/aromatic N) is 2. The van der Waals surface area contributed by atoms with E-state index in [1.807, 2.05) is 62.4 Å². The lowest BCUT2D eigenvalue weighted by molar-refractivity contribution is -0.121. The van der Waals surface area contributed by atoms with Crippen LogP contribution in [-0.2, 0) is 11.4 Å². The molecule has 1 aliphatic heterocycles. The molecule has 4 rings (SSSR count). The number of carboxylic acid groups (broad SMARTS) is 1. The average Bonchev–Trinajstić information content (AvgIpc) is 3.09. The van der Waals surface area contributed by atoms with Crippen molar-refractivity contribution in [3.05, 3.63) is 99.5 Å². The molecule has 0 atom stereocenters. The quantitative estimate of drug-likeness (QED) is 0.458. The van der Waals surface area contributed by atoms with Gasteiger partial charge in [-0.15, -0.1) is 0 Å². The van der Waals surface area contributed by atoms with Crippen LogP contribution in [0.3, 0.4) is 0 Å². The van der Waals surface area contributed by atoms with Gasteiger partial charge in [-0.25, -0.2) is 9.79 Å². The molecule has 3 aromatic rings. The molecule has 0 aliphatic carbocycles. The minimum absolute atomic E-state index is 0.117. The molecule has 6 nitrogen and oxygen atoms in total. The van der Waals surface area contributed by atoms with Crippen molar-refractivity contribution < 1.29 is 19.4 Å². The monoisotopic (exact) mass is 472 g/mol. The topological polar surface area (TPSA) is 79.2 Å². The first-order valence-corrected chi connectivity index (χ1v) is 11.5. The van der Waals surface area contributed by atoms with Crippen molar-refractivity contribution in [1.82, 2.24) is 4.90 Å². The van der Waals surface area contributed by atoms with E-state index in [0.717, 1.165) is 27.9 Å². The van der Waals surface area contributed by atoms with Crippen LogP contribution in [0.4, 0.5) is 5.69 Å². The molecule has 1 fully saturated rings. The molecule has 1 aliphatic rings. The van der Waals surface area contributed by atoms with Crippen molar-refractivity contribution in [2.45, 2.75) is 20.5 Å². The van der Waals surface area contributed by atoms with E-state index in [1.165, 1.54) is 11.8 Å². The third kappa shape index (κ3) is 5.05. The van der Waals surface area contributed by atoms with Gasteiger partial charge in [0.05, 0.1) is 16.2 Å². The van der Waals surface area contributed by atoms with Gasteiger partial charge in [0.2, 0.25) is 0 Å². The number of aryl methyl sites for hydroxylation is 2. The molecule has 34 heavy (non-hydrogen) atoms. The Labute approximate surface area is 202 Å². The molecular weight excluding hydrogens is 448 g/mol. The number of para-hydroxylation sites is 2. The lowest BCUT2D eigenvalue weighted by Gasteiger charge is -2.10. The Bertz CT molecular complexity index is 1290. The van der Waals surface area contributed by atoms with Crippen LogP contribution in [0.1, 0.15) is 32.6 Å². The van der Waals surface area contributed by atoms with E-state index in [-0.39, 0.29) is 18.1 Å². The van der Waals surface area contributed by atoms with E-state index in [1.54, 1.807) is 36.2 Å². The first-order valence-electron chi connectivity index (χ1n) is 10.7. The number of ether oxygens (including phenoxy) is 1. The SMILES string of the molecule is Cc1cccc(C)c1N=C1S/C(=C\c2ccccc2OCc2ccc(C(=O)O)cc2)C(=O)N1C. The molecule has 0 radical (unpaired) electrons. The first kappa shape index (κ1) is 23.3. The summed E-state index contributed by atoms with van der Waals surface area (Å²) in [6, 6.07) is 20.1. The van der Waals surface area contributed by atoms with Gasteiger partial charge in [-0.05, 0) is 66.6 Å². The lowest BCUT2D eigenvalue weighted by Crippen LogP contribution is -2.23. The molecule has 0 saturated carbocycles. The Morgan fingerprint density at radius 2 is 1.71 bits per heavy atom.